The van der Waals surface area contributed by atoms with E-state index in [1.54, 1.807) is 10.9 Å². The number of carbonyl (C=O) groups is 1. The second-order valence-corrected chi connectivity index (χ2v) is 8.48. The summed E-state index contributed by atoms with van der Waals surface area (Å²) in [5, 5.41) is 16.9. The van der Waals surface area contributed by atoms with Gasteiger partial charge in [0, 0.05) is 23.8 Å². The Morgan fingerprint density at radius 2 is 2.06 bits per heavy atom. The average molecular weight is 432 g/mol. The van der Waals surface area contributed by atoms with Gasteiger partial charge in [0.25, 0.3) is 12.1 Å². The number of nitrogens with zero attached hydrogens (tertiary/aromatic N) is 4. The number of nitrogen functional groups attached to an aromatic ring is 2. The van der Waals surface area contributed by atoms with Crippen LogP contribution in [0.1, 0.15) is 39.7 Å². The molecule has 5 N–H and O–H groups in total. The lowest BCUT2D eigenvalue weighted by molar-refractivity contribution is -0.765. The number of rotatable bonds is 4. The molecule has 0 bridgehead atoms. The smallest absolute Gasteiger partial charge is 0.302 e. The summed E-state index contributed by atoms with van der Waals surface area (Å²) in [7, 11) is 0. The Hall–Kier alpha value is -3.97. The van der Waals surface area contributed by atoms with E-state index in [4.69, 9.17) is 16.0 Å². The fourth-order valence-electron chi connectivity index (χ4n) is 3.45. The fourth-order valence-corrected chi connectivity index (χ4v) is 4.46. The molecule has 4 aromatic rings. The van der Waals surface area contributed by atoms with Crippen molar-refractivity contribution >= 4 is 44.9 Å². The maximum atomic E-state index is 12.9. The minimum absolute atomic E-state index is 0.0968. The third kappa shape index (κ3) is 3.25. The Morgan fingerprint density at radius 3 is 2.74 bits per heavy atom. The molecule has 31 heavy (non-hydrogen) atoms. The molecule has 3 aromatic heterocycles. The van der Waals surface area contributed by atoms with Crippen LogP contribution in [-0.4, -0.2) is 16.2 Å². The van der Waals surface area contributed by atoms with E-state index >= 15 is 0 Å². The highest BCUT2D eigenvalue weighted by Crippen LogP contribution is 2.42. The van der Waals surface area contributed by atoms with Gasteiger partial charge in [-0.1, -0.05) is 29.8 Å². The number of anilines is 3. The first-order chi connectivity index (χ1) is 15.0. The van der Waals surface area contributed by atoms with Gasteiger partial charge in [-0.15, -0.1) is 11.3 Å². The van der Waals surface area contributed by atoms with Crippen molar-refractivity contribution in [3.05, 3.63) is 46.5 Å². The minimum Gasteiger partial charge on any atom is -0.397 e. The molecule has 0 unspecified atom stereocenters. The number of thiophene rings is 1. The number of pyridine rings is 1. The van der Waals surface area contributed by atoms with Crippen LogP contribution in [0.15, 0.2) is 35.0 Å². The normalized spacial score (nSPS) is 13.3. The first kappa shape index (κ1) is 19.0. The number of nitriles is 1. The molecular weight excluding hydrogens is 414 g/mol. The van der Waals surface area contributed by atoms with Gasteiger partial charge in [-0.2, -0.15) is 5.26 Å². The molecule has 1 amide bonds. The Morgan fingerprint density at radius 1 is 1.32 bits per heavy atom. The molecule has 5 rings (SSSR count). The van der Waals surface area contributed by atoms with Crippen molar-refractivity contribution in [2.75, 3.05) is 16.8 Å². The average Bonchev–Trinajstić information content (AvgIpc) is 3.41. The van der Waals surface area contributed by atoms with E-state index in [0.717, 1.165) is 35.3 Å². The summed E-state index contributed by atoms with van der Waals surface area (Å²) in [5.74, 6) is -0.108. The molecule has 1 fully saturated rings. The van der Waals surface area contributed by atoms with Crippen molar-refractivity contribution in [2.45, 2.75) is 25.8 Å². The van der Waals surface area contributed by atoms with E-state index in [-0.39, 0.29) is 27.8 Å². The lowest BCUT2D eigenvalue weighted by Crippen LogP contribution is -2.32. The van der Waals surface area contributed by atoms with Crippen LogP contribution in [0.2, 0.25) is 0 Å². The van der Waals surface area contributed by atoms with Crippen LogP contribution < -0.4 is 21.5 Å². The van der Waals surface area contributed by atoms with Gasteiger partial charge in [-0.3, -0.25) is 14.6 Å². The van der Waals surface area contributed by atoms with Crippen molar-refractivity contribution in [3.8, 4) is 17.2 Å². The summed E-state index contributed by atoms with van der Waals surface area (Å²) in [6.45, 7) is 1.98. The largest absolute Gasteiger partial charge is 0.397 e. The van der Waals surface area contributed by atoms with Gasteiger partial charge in [0.1, 0.15) is 27.2 Å². The SMILES string of the molecule is Cc1ccc(-c2c(C#N)c(N)nc3sc(C(=O)Nc4c[n+](C5CC5)no4)c(N)c23)cc1. The zero-order chi connectivity index (χ0) is 21.7. The molecule has 0 atom stereocenters. The molecule has 0 aliphatic heterocycles. The summed E-state index contributed by atoms with van der Waals surface area (Å²) in [6, 6.07) is 10.1. The van der Waals surface area contributed by atoms with Crippen LogP contribution >= 0.6 is 11.3 Å². The zero-order valence-electron chi connectivity index (χ0n) is 16.5. The maximum absolute atomic E-state index is 12.9. The second kappa shape index (κ2) is 7.07. The van der Waals surface area contributed by atoms with E-state index < -0.39 is 5.91 Å². The highest BCUT2D eigenvalue weighted by molar-refractivity contribution is 7.21. The number of aromatic nitrogens is 3. The molecule has 9 nitrogen and oxygen atoms in total. The van der Waals surface area contributed by atoms with Crippen molar-refractivity contribution in [1.29, 1.82) is 5.26 Å². The van der Waals surface area contributed by atoms with Crippen LogP contribution in [0.5, 0.6) is 0 Å². The quantitative estimate of drug-likeness (QED) is 0.419. The first-order valence-electron chi connectivity index (χ1n) is 9.64. The van der Waals surface area contributed by atoms with Gasteiger partial charge < -0.3 is 11.5 Å². The van der Waals surface area contributed by atoms with Gasteiger partial charge in [0.05, 0.1) is 5.69 Å². The molecule has 1 saturated carbocycles. The number of aryl methyl sites for hydroxylation is 1. The number of carbonyl (C=O) groups excluding carboxylic acids is 1. The topological polar surface area (TPSA) is 148 Å². The van der Waals surface area contributed by atoms with Gasteiger partial charge in [-0.25, -0.2) is 4.98 Å². The summed E-state index contributed by atoms with van der Waals surface area (Å²) in [6.07, 6.45) is 3.74. The third-order valence-electron chi connectivity index (χ3n) is 5.20. The monoisotopic (exact) mass is 432 g/mol. The predicted molar refractivity (Wildman–Crippen MR) is 116 cm³/mol. The van der Waals surface area contributed by atoms with Crippen molar-refractivity contribution in [3.63, 3.8) is 0 Å². The summed E-state index contributed by atoms with van der Waals surface area (Å²) in [4.78, 5) is 18.0. The molecule has 0 spiro atoms. The number of nitrogens with two attached hydrogens (primary N) is 2. The van der Waals surface area contributed by atoms with Crippen LogP contribution in [0.3, 0.4) is 0 Å². The van der Waals surface area contributed by atoms with E-state index in [2.05, 4.69) is 21.6 Å². The zero-order valence-corrected chi connectivity index (χ0v) is 17.4. The Balaban J connectivity index is 1.61. The lowest BCUT2D eigenvalue weighted by atomic mass is 9.96. The minimum atomic E-state index is -0.438. The molecule has 1 aliphatic rings. The van der Waals surface area contributed by atoms with Crippen molar-refractivity contribution < 1.29 is 14.0 Å². The summed E-state index contributed by atoms with van der Waals surface area (Å²) < 4.78 is 6.89. The van der Waals surface area contributed by atoms with Crippen LogP contribution in [0.4, 0.5) is 17.4 Å². The van der Waals surface area contributed by atoms with Gasteiger partial charge in [0.15, 0.2) is 6.04 Å². The molecule has 154 valence electrons. The number of amides is 1. The molecule has 1 aromatic carbocycles. The summed E-state index contributed by atoms with van der Waals surface area (Å²) in [5.41, 5.74) is 15.4. The van der Waals surface area contributed by atoms with Gasteiger partial charge in [0.2, 0.25) is 5.27 Å². The Kier molecular flexibility index (Phi) is 4.34. The highest BCUT2D eigenvalue weighted by Gasteiger charge is 2.36. The Labute approximate surface area is 180 Å². The number of fused-ring (bicyclic) bond motifs is 1. The molecule has 0 radical (unpaired) electrons. The highest BCUT2D eigenvalue weighted by atomic mass is 32.1. The van der Waals surface area contributed by atoms with Crippen LogP contribution in [-0.2, 0) is 0 Å². The standard InChI is InChI=1S/C21H17N7O2S/c1-10-2-4-11(5-3-10)15-13(8-22)19(24)26-21-16(15)17(23)18(31-21)20(29)25-14-9-28(27-30-14)12-6-7-12/h2-5,9,12H,6-7H2,1H3,(H4-,23,24,25,26,27,29)/p+1. The Bertz CT molecular complexity index is 1380. The van der Waals surface area contributed by atoms with E-state index in [1.807, 2.05) is 31.2 Å². The van der Waals surface area contributed by atoms with Gasteiger partial charge >= 0.3 is 5.88 Å². The van der Waals surface area contributed by atoms with Gasteiger partial charge in [-0.05, 0) is 17.2 Å². The fraction of sp³-hybridized carbons (Fsp3) is 0.190. The van der Waals surface area contributed by atoms with E-state index in [1.165, 1.54) is 0 Å². The van der Waals surface area contributed by atoms with Crippen LogP contribution in [0, 0.1) is 18.3 Å². The third-order valence-corrected chi connectivity index (χ3v) is 6.30. The van der Waals surface area contributed by atoms with Crippen molar-refractivity contribution in [1.82, 2.24) is 10.3 Å². The molecular formula is C21H18N7O2S+. The molecule has 0 saturated heterocycles. The van der Waals surface area contributed by atoms with Crippen LogP contribution in [0.25, 0.3) is 21.3 Å². The lowest BCUT2D eigenvalue weighted by Gasteiger charge is -2.10. The molecule has 1 aliphatic carbocycles. The number of nitrogens with one attached hydrogen (secondary N) is 1. The predicted octanol–water partition coefficient (Wildman–Crippen LogP) is 3.17. The second-order valence-electron chi connectivity index (χ2n) is 7.48. The summed E-state index contributed by atoms with van der Waals surface area (Å²) >= 11 is 1.12. The van der Waals surface area contributed by atoms with Crippen molar-refractivity contribution in [2.24, 2.45) is 0 Å². The van der Waals surface area contributed by atoms with E-state index in [0.29, 0.717) is 21.8 Å². The number of hydrogen-bond donors (Lipinski definition) is 3. The number of benzene rings is 1. The first-order valence-corrected chi connectivity index (χ1v) is 10.5. The molecule has 10 heteroatoms. The molecule has 3 heterocycles. The van der Waals surface area contributed by atoms with E-state index in [9.17, 15) is 10.1 Å². The maximum Gasteiger partial charge on any atom is 0.302 e. The number of hydrogen-bond acceptors (Lipinski definition) is 8.